The van der Waals surface area contributed by atoms with E-state index in [1.54, 1.807) is 7.05 Å². The van der Waals surface area contributed by atoms with Gasteiger partial charge in [0.05, 0.1) is 13.1 Å². The number of primary amides is 2. The van der Waals surface area contributed by atoms with Gasteiger partial charge in [0.2, 0.25) is 11.8 Å². The van der Waals surface area contributed by atoms with Crippen LogP contribution in [0.5, 0.6) is 0 Å². The topological polar surface area (TPSA) is 127 Å². The van der Waals surface area contributed by atoms with Crippen molar-refractivity contribution >= 4 is 23.5 Å². The van der Waals surface area contributed by atoms with Crippen molar-refractivity contribution in [2.75, 3.05) is 30.4 Å². The minimum Gasteiger partial charge on any atom is -0.373 e. The van der Waals surface area contributed by atoms with E-state index in [1.807, 2.05) is 6.92 Å². The Balaban J connectivity index is 2.43. The molecule has 1 heterocycles. The first-order valence-electron chi connectivity index (χ1n) is 6.80. The number of nitrogens with zero attached hydrogens (tertiary/aromatic N) is 3. The molecule has 0 saturated heterocycles. The van der Waals surface area contributed by atoms with Crippen LogP contribution in [-0.4, -0.2) is 41.9 Å². The van der Waals surface area contributed by atoms with Gasteiger partial charge >= 0.3 is 0 Å². The zero-order chi connectivity index (χ0) is 15.6. The van der Waals surface area contributed by atoms with Crippen molar-refractivity contribution in [3.63, 3.8) is 0 Å². The number of hydrogen-bond acceptors (Lipinski definition) is 6. The van der Waals surface area contributed by atoms with Crippen LogP contribution >= 0.6 is 0 Å². The van der Waals surface area contributed by atoms with E-state index in [-0.39, 0.29) is 13.1 Å². The predicted octanol–water partition coefficient (Wildman–Crippen LogP) is -0.519. The van der Waals surface area contributed by atoms with E-state index in [2.05, 4.69) is 15.3 Å². The molecule has 2 amide bonds. The molecule has 0 unspecified atom stereocenters. The zero-order valence-corrected chi connectivity index (χ0v) is 12.2. The Bertz CT molecular complexity index is 554. The molecular weight excluding hydrogens is 272 g/mol. The molecule has 114 valence electrons. The summed E-state index contributed by atoms with van der Waals surface area (Å²) < 4.78 is 0. The summed E-state index contributed by atoms with van der Waals surface area (Å²) in [4.78, 5) is 32.9. The first-order chi connectivity index (χ1) is 9.92. The van der Waals surface area contributed by atoms with Crippen molar-refractivity contribution < 1.29 is 9.59 Å². The van der Waals surface area contributed by atoms with Crippen LogP contribution < -0.4 is 21.7 Å². The molecule has 2 rings (SSSR count). The van der Waals surface area contributed by atoms with E-state index >= 15 is 0 Å². The van der Waals surface area contributed by atoms with Crippen LogP contribution in [0.25, 0.3) is 0 Å². The molecular formula is C13H20N6O2. The predicted molar refractivity (Wildman–Crippen MR) is 78.9 cm³/mol. The van der Waals surface area contributed by atoms with Crippen molar-refractivity contribution in [3.8, 4) is 0 Å². The fraction of sp³-hybridized carbons (Fsp3) is 0.538. The lowest BCUT2D eigenvalue weighted by Gasteiger charge is -2.24. The van der Waals surface area contributed by atoms with Gasteiger partial charge in [-0.15, -0.1) is 0 Å². The number of carbonyl (C=O) groups excluding carboxylic acids is 2. The highest BCUT2D eigenvalue weighted by Crippen LogP contribution is 2.40. The van der Waals surface area contributed by atoms with Gasteiger partial charge in [-0.05, 0) is 19.8 Å². The lowest BCUT2D eigenvalue weighted by molar-refractivity contribution is -0.117. The summed E-state index contributed by atoms with van der Waals surface area (Å²) in [7, 11) is 1.77. The average Bonchev–Trinajstić information content (AvgIpc) is 3.21. The highest BCUT2D eigenvalue weighted by molar-refractivity contribution is 5.85. The summed E-state index contributed by atoms with van der Waals surface area (Å²) in [5.41, 5.74) is 11.2. The van der Waals surface area contributed by atoms with Crippen LogP contribution in [0.4, 0.5) is 11.6 Å². The SMILES string of the molecule is CNc1nc(C2CC2)nc(N(CC(N)=O)CC(N)=O)c1C. The van der Waals surface area contributed by atoms with E-state index in [0.29, 0.717) is 17.6 Å². The summed E-state index contributed by atoms with van der Waals surface area (Å²) in [6.45, 7) is 1.59. The third kappa shape index (κ3) is 3.59. The van der Waals surface area contributed by atoms with Crippen molar-refractivity contribution in [3.05, 3.63) is 11.4 Å². The third-order valence-electron chi connectivity index (χ3n) is 3.31. The summed E-state index contributed by atoms with van der Waals surface area (Å²) in [5.74, 6) is 1.18. The third-order valence-corrected chi connectivity index (χ3v) is 3.31. The first kappa shape index (κ1) is 15.0. The maximum Gasteiger partial charge on any atom is 0.237 e. The summed E-state index contributed by atoms with van der Waals surface area (Å²) >= 11 is 0. The maximum absolute atomic E-state index is 11.2. The Labute approximate surface area is 122 Å². The molecule has 1 aromatic heterocycles. The van der Waals surface area contributed by atoms with Crippen LogP contribution in [-0.2, 0) is 9.59 Å². The zero-order valence-electron chi connectivity index (χ0n) is 12.2. The van der Waals surface area contributed by atoms with E-state index in [1.165, 1.54) is 4.90 Å². The quantitative estimate of drug-likeness (QED) is 0.620. The highest BCUT2D eigenvalue weighted by atomic mass is 16.2. The first-order valence-corrected chi connectivity index (χ1v) is 6.80. The average molecular weight is 292 g/mol. The molecule has 5 N–H and O–H groups in total. The fourth-order valence-corrected chi connectivity index (χ4v) is 2.18. The lowest BCUT2D eigenvalue weighted by atomic mass is 10.2. The van der Waals surface area contributed by atoms with Gasteiger partial charge in [0.25, 0.3) is 0 Å². The Morgan fingerprint density at radius 2 is 1.81 bits per heavy atom. The van der Waals surface area contributed by atoms with Crippen LogP contribution in [0, 0.1) is 6.92 Å². The molecule has 1 fully saturated rings. The Morgan fingerprint density at radius 3 is 2.24 bits per heavy atom. The van der Waals surface area contributed by atoms with Gasteiger partial charge in [0.15, 0.2) is 0 Å². The van der Waals surface area contributed by atoms with Crippen LogP contribution in [0.2, 0.25) is 0 Å². The minimum absolute atomic E-state index is 0.117. The summed E-state index contributed by atoms with van der Waals surface area (Å²) in [6.07, 6.45) is 2.11. The van der Waals surface area contributed by atoms with Gasteiger partial charge in [-0.2, -0.15) is 0 Å². The van der Waals surface area contributed by atoms with Gasteiger partial charge < -0.3 is 21.7 Å². The van der Waals surface area contributed by atoms with E-state index in [9.17, 15) is 9.59 Å². The molecule has 1 aliphatic carbocycles. The molecule has 1 saturated carbocycles. The molecule has 0 aromatic carbocycles. The van der Waals surface area contributed by atoms with Gasteiger partial charge in [0.1, 0.15) is 17.5 Å². The number of nitrogens with one attached hydrogen (secondary N) is 1. The smallest absolute Gasteiger partial charge is 0.237 e. The number of rotatable bonds is 7. The van der Waals surface area contributed by atoms with Crippen molar-refractivity contribution in [1.82, 2.24) is 9.97 Å². The molecule has 0 bridgehead atoms. The molecule has 1 aliphatic rings. The minimum atomic E-state index is -0.548. The van der Waals surface area contributed by atoms with Crippen molar-refractivity contribution in [1.29, 1.82) is 0 Å². The molecule has 0 atom stereocenters. The Morgan fingerprint density at radius 1 is 1.24 bits per heavy atom. The monoisotopic (exact) mass is 292 g/mol. The number of nitrogens with two attached hydrogens (primary N) is 2. The molecule has 21 heavy (non-hydrogen) atoms. The van der Waals surface area contributed by atoms with Crippen LogP contribution in [0.3, 0.4) is 0 Å². The second kappa shape index (κ2) is 5.94. The summed E-state index contributed by atoms with van der Waals surface area (Å²) in [6, 6.07) is 0. The standard InChI is InChI=1S/C13H20N6O2/c1-7-11(16-2)17-12(8-3-4-8)18-13(7)19(5-9(14)20)6-10(15)21/h8H,3-6H2,1-2H3,(H2,14,20)(H2,15,21)(H,16,17,18). The maximum atomic E-state index is 11.2. The number of anilines is 2. The Hall–Kier alpha value is -2.38. The molecule has 8 heteroatoms. The fourth-order valence-electron chi connectivity index (χ4n) is 2.18. The largest absolute Gasteiger partial charge is 0.373 e. The summed E-state index contributed by atoms with van der Waals surface area (Å²) in [5, 5.41) is 3.01. The van der Waals surface area contributed by atoms with Gasteiger partial charge in [-0.1, -0.05) is 0 Å². The number of amides is 2. The Kier molecular flexibility index (Phi) is 4.25. The number of hydrogen-bond donors (Lipinski definition) is 3. The number of aromatic nitrogens is 2. The van der Waals surface area contributed by atoms with Crippen LogP contribution in [0.1, 0.15) is 30.1 Å². The van der Waals surface area contributed by atoms with E-state index in [0.717, 1.165) is 24.2 Å². The second-order valence-corrected chi connectivity index (χ2v) is 5.19. The molecule has 8 nitrogen and oxygen atoms in total. The lowest BCUT2D eigenvalue weighted by Crippen LogP contribution is -2.40. The van der Waals surface area contributed by atoms with Gasteiger partial charge in [-0.3, -0.25) is 9.59 Å². The molecule has 0 radical (unpaired) electrons. The van der Waals surface area contributed by atoms with E-state index < -0.39 is 11.8 Å². The molecule has 0 aliphatic heterocycles. The van der Waals surface area contributed by atoms with Crippen molar-refractivity contribution in [2.45, 2.75) is 25.7 Å². The van der Waals surface area contributed by atoms with Crippen LogP contribution in [0.15, 0.2) is 0 Å². The van der Waals surface area contributed by atoms with Gasteiger partial charge in [0, 0.05) is 18.5 Å². The number of carbonyl (C=O) groups is 2. The molecule has 0 spiro atoms. The second-order valence-electron chi connectivity index (χ2n) is 5.19. The molecule has 1 aromatic rings. The highest BCUT2D eigenvalue weighted by Gasteiger charge is 2.29. The normalized spacial score (nSPS) is 13.8. The van der Waals surface area contributed by atoms with E-state index in [4.69, 9.17) is 11.5 Å². The van der Waals surface area contributed by atoms with Crippen molar-refractivity contribution in [2.24, 2.45) is 11.5 Å². The van der Waals surface area contributed by atoms with Gasteiger partial charge in [-0.25, -0.2) is 9.97 Å².